The van der Waals surface area contributed by atoms with Gasteiger partial charge in [0.2, 0.25) is 0 Å². The molecule has 148 valence electrons. The molecule has 0 saturated heterocycles. The van der Waals surface area contributed by atoms with Crippen LogP contribution in [-0.2, 0) is 4.79 Å². The molecular weight excluding hydrogens is 308 g/mol. The van der Waals surface area contributed by atoms with Gasteiger partial charge in [-0.2, -0.15) is 0 Å². The average molecular weight is 353 g/mol. The molecule has 0 aromatic rings. The van der Waals surface area contributed by atoms with Crippen molar-refractivity contribution in [2.75, 3.05) is 6.61 Å². The van der Waals surface area contributed by atoms with E-state index < -0.39 is 0 Å². The van der Waals surface area contributed by atoms with E-state index in [0.717, 1.165) is 12.8 Å². The first-order valence-electron chi connectivity index (χ1n) is 11.0. The first-order valence-corrected chi connectivity index (χ1v) is 11.0. The van der Waals surface area contributed by atoms with Crippen LogP contribution in [0.4, 0.5) is 0 Å². The lowest BCUT2D eigenvalue weighted by Crippen LogP contribution is -2.14. The third-order valence-electron chi connectivity index (χ3n) is 5.11. The van der Waals surface area contributed by atoms with Crippen LogP contribution in [0.5, 0.6) is 0 Å². The maximum Gasteiger partial charge on any atom is 0.136 e. The molecule has 1 atom stereocenters. The van der Waals surface area contributed by atoms with Crippen molar-refractivity contribution in [2.45, 2.75) is 117 Å². The number of allylic oxidation sites excluding steroid dienone is 2. The quantitative estimate of drug-likeness (QED) is 0.201. The van der Waals surface area contributed by atoms with Crippen molar-refractivity contribution < 1.29 is 9.90 Å². The largest absolute Gasteiger partial charge is 0.396 e. The Bertz CT molecular complexity index is 309. The number of hydrogen-bond donors (Lipinski definition) is 1. The highest BCUT2D eigenvalue weighted by molar-refractivity contribution is 5.80. The molecular formula is C23H44O2. The zero-order chi connectivity index (χ0) is 18.6. The van der Waals surface area contributed by atoms with Gasteiger partial charge < -0.3 is 5.11 Å². The molecule has 2 heteroatoms. The lowest BCUT2D eigenvalue weighted by molar-refractivity contribution is -0.123. The van der Waals surface area contributed by atoms with E-state index >= 15 is 0 Å². The maximum atomic E-state index is 12.0. The van der Waals surface area contributed by atoms with Gasteiger partial charge in [0.15, 0.2) is 0 Å². The Balaban J connectivity index is 3.33. The van der Waals surface area contributed by atoms with Crippen molar-refractivity contribution in [1.29, 1.82) is 0 Å². The number of hydrogen-bond acceptors (Lipinski definition) is 2. The van der Waals surface area contributed by atoms with E-state index in [2.05, 4.69) is 19.1 Å². The van der Waals surface area contributed by atoms with Crippen LogP contribution < -0.4 is 0 Å². The first kappa shape index (κ1) is 24.4. The minimum atomic E-state index is 0.0850. The standard InChI is InChI=1S/C23H44O2/c1-3-5-6-7-8-9-10-11-12-13-14-15-16-17-18-19-23(25)22(4-2)20-21-24/h11-12,22,24H,3-10,13-21H2,1-2H3/b12-11-. The molecule has 0 aromatic carbocycles. The van der Waals surface area contributed by atoms with E-state index in [-0.39, 0.29) is 12.5 Å². The number of unbranched alkanes of at least 4 members (excludes halogenated alkanes) is 11. The number of aliphatic hydroxyl groups excluding tert-OH is 1. The summed E-state index contributed by atoms with van der Waals surface area (Å²) in [4.78, 5) is 12.0. The van der Waals surface area contributed by atoms with Crippen LogP contribution in [0.25, 0.3) is 0 Å². The van der Waals surface area contributed by atoms with Crippen LogP contribution in [0, 0.1) is 5.92 Å². The van der Waals surface area contributed by atoms with E-state index in [1.165, 1.54) is 77.0 Å². The molecule has 2 nitrogen and oxygen atoms in total. The van der Waals surface area contributed by atoms with Crippen molar-refractivity contribution in [3.8, 4) is 0 Å². The molecule has 0 aromatic heterocycles. The normalized spacial score (nSPS) is 12.8. The maximum absolute atomic E-state index is 12.0. The molecule has 0 aliphatic heterocycles. The van der Waals surface area contributed by atoms with Crippen molar-refractivity contribution in [3.63, 3.8) is 0 Å². The summed E-state index contributed by atoms with van der Waals surface area (Å²) in [6, 6.07) is 0. The molecule has 25 heavy (non-hydrogen) atoms. The number of carbonyl (C=O) groups is 1. The molecule has 0 bridgehead atoms. The van der Waals surface area contributed by atoms with Gasteiger partial charge >= 0.3 is 0 Å². The van der Waals surface area contributed by atoms with E-state index in [1.54, 1.807) is 0 Å². The van der Waals surface area contributed by atoms with Crippen molar-refractivity contribution >= 4 is 5.78 Å². The van der Waals surface area contributed by atoms with Gasteiger partial charge in [-0.25, -0.2) is 0 Å². The zero-order valence-corrected chi connectivity index (χ0v) is 17.1. The summed E-state index contributed by atoms with van der Waals surface area (Å²) in [7, 11) is 0. The fraction of sp³-hybridized carbons (Fsp3) is 0.870. The third-order valence-corrected chi connectivity index (χ3v) is 5.11. The SMILES string of the molecule is CCCCCCCC/C=C\CCCCCCCC(=O)C(CC)CCO. The predicted molar refractivity (Wildman–Crippen MR) is 110 cm³/mol. The van der Waals surface area contributed by atoms with Gasteiger partial charge in [-0.05, 0) is 44.9 Å². The van der Waals surface area contributed by atoms with Crippen molar-refractivity contribution in [1.82, 2.24) is 0 Å². The fourth-order valence-electron chi connectivity index (χ4n) is 3.32. The Morgan fingerprint density at radius 3 is 1.84 bits per heavy atom. The Kier molecular flexibility index (Phi) is 19.2. The van der Waals surface area contributed by atoms with Crippen LogP contribution in [0.15, 0.2) is 12.2 Å². The van der Waals surface area contributed by atoms with Crippen LogP contribution in [-0.4, -0.2) is 17.5 Å². The Morgan fingerprint density at radius 2 is 1.32 bits per heavy atom. The van der Waals surface area contributed by atoms with Gasteiger partial charge in [0.25, 0.3) is 0 Å². The molecule has 0 radical (unpaired) electrons. The fourth-order valence-corrected chi connectivity index (χ4v) is 3.32. The van der Waals surface area contributed by atoms with E-state index in [4.69, 9.17) is 5.11 Å². The molecule has 0 fully saturated rings. The lowest BCUT2D eigenvalue weighted by atomic mass is 9.93. The second-order valence-electron chi connectivity index (χ2n) is 7.42. The highest BCUT2D eigenvalue weighted by Gasteiger charge is 2.14. The lowest BCUT2D eigenvalue weighted by Gasteiger charge is -2.11. The summed E-state index contributed by atoms with van der Waals surface area (Å²) in [5.41, 5.74) is 0. The molecule has 0 heterocycles. The summed E-state index contributed by atoms with van der Waals surface area (Å²) < 4.78 is 0. The topological polar surface area (TPSA) is 37.3 Å². The van der Waals surface area contributed by atoms with E-state index in [9.17, 15) is 4.79 Å². The summed E-state index contributed by atoms with van der Waals surface area (Å²) in [5.74, 6) is 0.441. The summed E-state index contributed by atoms with van der Waals surface area (Å²) in [6.45, 7) is 4.44. The van der Waals surface area contributed by atoms with Crippen molar-refractivity contribution in [3.05, 3.63) is 12.2 Å². The second kappa shape index (κ2) is 19.7. The molecule has 0 spiro atoms. The summed E-state index contributed by atoms with van der Waals surface area (Å²) >= 11 is 0. The average Bonchev–Trinajstić information content (AvgIpc) is 2.62. The molecule has 1 unspecified atom stereocenters. The molecule has 0 aliphatic carbocycles. The van der Waals surface area contributed by atoms with Gasteiger partial charge in [0, 0.05) is 18.9 Å². The van der Waals surface area contributed by atoms with Gasteiger partial charge in [-0.1, -0.05) is 77.4 Å². The van der Waals surface area contributed by atoms with Crippen LogP contribution >= 0.6 is 0 Å². The Hall–Kier alpha value is -0.630. The van der Waals surface area contributed by atoms with Gasteiger partial charge in [0.1, 0.15) is 5.78 Å². The molecule has 0 amide bonds. The smallest absolute Gasteiger partial charge is 0.136 e. The number of aliphatic hydroxyl groups is 1. The summed E-state index contributed by atoms with van der Waals surface area (Å²) in [5, 5.41) is 8.96. The Morgan fingerprint density at radius 1 is 0.800 bits per heavy atom. The van der Waals surface area contributed by atoms with Gasteiger partial charge in [-0.3, -0.25) is 4.79 Å². The minimum absolute atomic E-state index is 0.0850. The van der Waals surface area contributed by atoms with Crippen LogP contribution in [0.1, 0.15) is 117 Å². The number of Topliss-reactive ketones (excluding diaryl/α,β-unsaturated/α-hetero) is 1. The molecule has 0 rings (SSSR count). The second-order valence-corrected chi connectivity index (χ2v) is 7.42. The molecule has 0 saturated carbocycles. The molecule has 0 aliphatic rings. The number of ketones is 1. The Labute approximate surface area is 157 Å². The van der Waals surface area contributed by atoms with E-state index in [1.807, 2.05) is 6.92 Å². The molecule has 1 N–H and O–H groups in total. The third kappa shape index (κ3) is 16.6. The predicted octanol–water partition coefficient (Wildman–Crippen LogP) is 7.00. The van der Waals surface area contributed by atoms with E-state index in [0.29, 0.717) is 18.6 Å². The highest BCUT2D eigenvalue weighted by Crippen LogP contribution is 2.15. The van der Waals surface area contributed by atoms with Gasteiger partial charge in [-0.15, -0.1) is 0 Å². The van der Waals surface area contributed by atoms with Crippen LogP contribution in [0.2, 0.25) is 0 Å². The monoisotopic (exact) mass is 352 g/mol. The zero-order valence-electron chi connectivity index (χ0n) is 17.1. The number of rotatable bonds is 19. The first-order chi connectivity index (χ1) is 12.3. The summed E-state index contributed by atoms with van der Waals surface area (Å²) in [6.07, 6.45) is 23.7. The van der Waals surface area contributed by atoms with Gasteiger partial charge in [0.05, 0.1) is 0 Å². The highest BCUT2D eigenvalue weighted by atomic mass is 16.3. The van der Waals surface area contributed by atoms with Crippen LogP contribution in [0.3, 0.4) is 0 Å². The minimum Gasteiger partial charge on any atom is -0.396 e. The number of carbonyl (C=O) groups excluding carboxylic acids is 1. The van der Waals surface area contributed by atoms with Crippen molar-refractivity contribution in [2.24, 2.45) is 5.92 Å².